The Morgan fingerprint density at radius 1 is 0.963 bits per heavy atom. The molecule has 2 aromatic carbocycles. The number of fused-ring (bicyclic) bond motifs is 1. The van der Waals surface area contributed by atoms with E-state index in [4.69, 9.17) is 0 Å². The Hall–Kier alpha value is -3.47. The number of aromatic nitrogens is 2. The average molecular weight is 359 g/mol. The van der Waals surface area contributed by atoms with Crippen molar-refractivity contribution in [2.75, 3.05) is 6.54 Å². The van der Waals surface area contributed by atoms with Crippen molar-refractivity contribution >= 4 is 11.4 Å². The van der Waals surface area contributed by atoms with Crippen LogP contribution in [0.3, 0.4) is 0 Å². The molecule has 0 fully saturated rings. The molecule has 0 aliphatic rings. The number of hydrogen-bond donors (Lipinski definition) is 1. The minimum absolute atomic E-state index is 0.236. The first kappa shape index (κ1) is 17.0. The summed E-state index contributed by atoms with van der Waals surface area (Å²) in [5, 5.41) is 2.93. The highest BCUT2D eigenvalue weighted by atomic mass is 19.1. The van der Waals surface area contributed by atoms with Crippen LogP contribution in [0.1, 0.15) is 16.2 Å². The molecular formula is C22H18FN3O. The van der Waals surface area contributed by atoms with Crippen molar-refractivity contribution in [3.63, 3.8) is 0 Å². The van der Waals surface area contributed by atoms with E-state index < -0.39 is 0 Å². The molecule has 5 heteroatoms. The fourth-order valence-electron chi connectivity index (χ4n) is 3.06. The van der Waals surface area contributed by atoms with Crippen LogP contribution in [-0.4, -0.2) is 21.8 Å². The molecule has 0 radical (unpaired) electrons. The second-order valence-electron chi connectivity index (χ2n) is 6.24. The van der Waals surface area contributed by atoms with Crippen LogP contribution in [0.5, 0.6) is 0 Å². The van der Waals surface area contributed by atoms with Crippen LogP contribution in [0, 0.1) is 5.82 Å². The van der Waals surface area contributed by atoms with Crippen molar-refractivity contribution in [3.05, 3.63) is 96.2 Å². The number of hydrogen-bond acceptors (Lipinski definition) is 2. The molecule has 0 aliphatic heterocycles. The van der Waals surface area contributed by atoms with E-state index in [1.807, 2.05) is 54.7 Å². The van der Waals surface area contributed by atoms with E-state index in [0.29, 0.717) is 18.1 Å². The summed E-state index contributed by atoms with van der Waals surface area (Å²) in [5.41, 5.74) is 3.39. The maximum atomic E-state index is 13.2. The Morgan fingerprint density at radius 2 is 1.70 bits per heavy atom. The number of rotatable bonds is 5. The van der Waals surface area contributed by atoms with Crippen LogP contribution in [0.2, 0.25) is 0 Å². The van der Waals surface area contributed by atoms with E-state index in [1.54, 1.807) is 16.5 Å². The van der Waals surface area contributed by atoms with Crippen molar-refractivity contribution in [1.82, 2.24) is 14.7 Å². The lowest BCUT2D eigenvalue weighted by Crippen LogP contribution is -2.27. The summed E-state index contributed by atoms with van der Waals surface area (Å²) in [6.45, 7) is 0.524. The molecule has 4 rings (SSSR count). The summed E-state index contributed by atoms with van der Waals surface area (Å²) >= 11 is 0. The van der Waals surface area contributed by atoms with Crippen LogP contribution >= 0.6 is 0 Å². The van der Waals surface area contributed by atoms with E-state index in [2.05, 4.69) is 10.3 Å². The second kappa shape index (κ2) is 7.41. The van der Waals surface area contributed by atoms with Gasteiger partial charge in [0.1, 0.15) is 5.82 Å². The summed E-state index contributed by atoms with van der Waals surface area (Å²) in [6.07, 6.45) is 2.56. The number of carbonyl (C=O) groups is 1. The Bertz CT molecular complexity index is 1070. The zero-order chi connectivity index (χ0) is 18.6. The Kier molecular flexibility index (Phi) is 4.66. The molecule has 0 atom stereocenters. The van der Waals surface area contributed by atoms with Gasteiger partial charge < -0.3 is 5.32 Å². The predicted molar refractivity (Wildman–Crippen MR) is 103 cm³/mol. The molecule has 134 valence electrons. The Balaban J connectivity index is 1.59. The largest absolute Gasteiger partial charge is 0.349 e. The Morgan fingerprint density at radius 3 is 2.48 bits per heavy atom. The van der Waals surface area contributed by atoms with Gasteiger partial charge in [0, 0.05) is 18.3 Å². The number of imidazole rings is 1. The number of halogens is 1. The second-order valence-corrected chi connectivity index (χ2v) is 6.24. The van der Waals surface area contributed by atoms with Crippen molar-refractivity contribution in [1.29, 1.82) is 0 Å². The van der Waals surface area contributed by atoms with E-state index in [9.17, 15) is 9.18 Å². The van der Waals surface area contributed by atoms with Gasteiger partial charge in [0.15, 0.2) is 0 Å². The molecule has 4 aromatic rings. The van der Waals surface area contributed by atoms with Crippen LogP contribution in [-0.2, 0) is 6.42 Å². The quantitative estimate of drug-likeness (QED) is 0.583. The van der Waals surface area contributed by atoms with Gasteiger partial charge in [-0.25, -0.2) is 9.37 Å². The molecule has 2 heterocycles. The summed E-state index contributed by atoms with van der Waals surface area (Å²) < 4.78 is 15.0. The predicted octanol–water partition coefficient (Wildman–Crippen LogP) is 4.11. The van der Waals surface area contributed by atoms with E-state index >= 15 is 0 Å². The van der Waals surface area contributed by atoms with Crippen molar-refractivity contribution in [2.45, 2.75) is 6.42 Å². The number of amides is 1. The molecule has 0 saturated heterocycles. The van der Waals surface area contributed by atoms with E-state index in [1.165, 1.54) is 12.1 Å². The minimum atomic E-state index is -0.304. The maximum Gasteiger partial charge on any atom is 0.287 e. The lowest BCUT2D eigenvalue weighted by atomic mass is 10.1. The fraction of sp³-hybridized carbons (Fsp3) is 0.0909. The summed E-state index contributed by atoms with van der Waals surface area (Å²) in [4.78, 5) is 17.2. The molecule has 0 unspecified atom stereocenters. The van der Waals surface area contributed by atoms with Crippen molar-refractivity contribution < 1.29 is 9.18 Å². The van der Waals surface area contributed by atoms with E-state index in [0.717, 1.165) is 23.1 Å². The lowest BCUT2D eigenvalue weighted by Gasteiger charge is -2.04. The third kappa shape index (κ3) is 3.58. The number of carbonyl (C=O) groups excluding carboxylic acids is 1. The number of nitrogens with zero attached hydrogens (tertiary/aromatic N) is 2. The van der Waals surface area contributed by atoms with Gasteiger partial charge in [-0.3, -0.25) is 9.20 Å². The molecule has 1 N–H and O–H groups in total. The fourth-order valence-corrected chi connectivity index (χ4v) is 3.06. The molecule has 4 nitrogen and oxygen atoms in total. The van der Waals surface area contributed by atoms with Crippen molar-refractivity contribution in [3.8, 4) is 11.3 Å². The lowest BCUT2D eigenvalue weighted by molar-refractivity contribution is 0.0943. The summed E-state index contributed by atoms with van der Waals surface area (Å²) in [7, 11) is 0. The molecule has 2 aromatic heterocycles. The Labute approximate surface area is 156 Å². The molecule has 0 bridgehead atoms. The molecule has 1 amide bonds. The van der Waals surface area contributed by atoms with Crippen molar-refractivity contribution in [2.24, 2.45) is 0 Å². The highest BCUT2D eigenvalue weighted by molar-refractivity contribution is 5.94. The zero-order valence-electron chi connectivity index (χ0n) is 14.6. The summed E-state index contributed by atoms with van der Waals surface area (Å²) in [6, 6.07) is 21.7. The highest BCUT2D eigenvalue weighted by Crippen LogP contribution is 2.25. The molecule has 0 aliphatic carbocycles. The third-order valence-electron chi connectivity index (χ3n) is 4.41. The summed E-state index contributed by atoms with van der Waals surface area (Å²) in [5.74, 6) is -0.223. The molecule has 0 spiro atoms. The van der Waals surface area contributed by atoms with Crippen LogP contribution in [0.4, 0.5) is 4.39 Å². The standard InChI is InChI=1S/C22H18FN3O/c23-18-11-9-17(10-12-18)20-19-8-4-5-15-26(19)21(25-20)22(27)24-14-13-16-6-2-1-3-7-16/h1-12,15H,13-14H2,(H,24,27). The first-order chi connectivity index (χ1) is 13.2. The third-order valence-corrected chi connectivity index (χ3v) is 4.41. The first-order valence-corrected chi connectivity index (χ1v) is 8.77. The number of nitrogens with one attached hydrogen (secondary N) is 1. The smallest absolute Gasteiger partial charge is 0.287 e. The highest BCUT2D eigenvalue weighted by Gasteiger charge is 2.17. The first-order valence-electron chi connectivity index (χ1n) is 8.77. The average Bonchev–Trinajstić information content (AvgIpc) is 3.09. The maximum absolute atomic E-state index is 13.2. The van der Waals surface area contributed by atoms with Crippen LogP contribution in [0.25, 0.3) is 16.8 Å². The minimum Gasteiger partial charge on any atom is -0.349 e. The molecule has 0 saturated carbocycles. The van der Waals surface area contributed by atoms with Crippen LogP contribution in [0.15, 0.2) is 79.0 Å². The van der Waals surface area contributed by atoms with Gasteiger partial charge in [0.25, 0.3) is 5.91 Å². The number of benzene rings is 2. The molecular weight excluding hydrogens is 341 g/mol. The van der Waals surface area contributed by atoms with Crippen LogP contribution < -0.4 is 5.32 Å². The van der Waals surface area contributed by atoms with Gasteiger partial charge in [0.2, 0.25) is 5.82 Å². The van der Waals surface area contributed by atoms with Gasteiger partial charge in [-0.1, -0.05) is 36.4 Å². The topological polar surface area (TPSA) is 46.4 Å². The number of pyridine rings is 1. The van der Waals surface area contributed by atoms with Gasteiger partial charge in [-0.2, -0.15) is 0 Å². The van der Waals surface area contributed by atoms with Gasteiger partial charge in [0.05, 0.1) is 11.2 Å². The normalized spacial score (nSPS) is 10.9. The van der Waals surface area contributed by atoms with Gasteiger partial charge >= 0.3 is 0 Å². The van der Waals surface area contributed by atoms with Gasteiger partial charge in [-0.05, 0) is 48.4 Å². The monoisotopic (exact) mass is 359 g/mol. The SMILES string of the molecule is O=C(NCCc1ccccc1)c1nc(-c2ccc(F)cc2)c2ccccn12. The van der Waals surface area contributed by atoms with E-state index in [-0.39, 0.29) is 11.7 Å². The zero-order valence-corrected chi connectivity index (χ0v) is 14.6. The molecule has 27 heavy (non-hydrogen) atoms. The van der Waals surface area contributed by atoms with Gasteiger partial charge in [-0.15, -0.1) is 0 Å².